The molecule has 0 saturated carbocycles. The summed E-state index contributed by atoms with van der Waals surface area (Å²) >= 11 is 0. The fourth-order valence-electron chi connectivity index (χ4n) is 1.34. The van der Waals surface area contributed by atoms with Gasteiger partial charge in [-0.1, -0.05) is 6.08 Å². The van der Waals surface area contributed by atoms with Crippen LogP contribution in [0.3, 0.4) is 0 Å². The molecular weight excluding hydrogens is 240 g/mol. The summed E-state index contributed by atoms with van der Waals surface area (Å²) in [7, 11) is -0.723. The number of anilines is 1. The molecule has 0 bridgehead atoms. The number of nitrogens with zero attached hydrogens (tertiary/aromatic N) is 1. The highest BCUT2D eigenvalue weighted by molar-refractivity contribution is 7.89. The van der Waals surface area contributed by atoms with Crippen molar-refractivity contribution < 1.29 is 13.2 Å². The fourth-order valence-corrected chi connectivity index (χ4v) is 2.67. The van der Waals surface area contributed by atoms with E-state index < -0.39 is 10.0 Å². The molecule has 94 valence electrons. The van der Waals surface area contributed by atoms with Gasteiger partial charge in [0.1, 0.15) is 10.6 Å². The third-order valence-corrected chi connectivity index (χ3v) is 4.11. The Labute approximate surface area is 102 Å². The third-order valence-electron chi connectivity index (χ3n) is 2.26. The largest absolute Gasteiger partial charge is 0.495 e. The topological polar surface area (TPSA) is 72.6 Å². The van der Waals surface area contributed by atoms with E-state index in [1.807, 2.05) is 0 Å². The molecular formula is C11H16N2O3S. The number of hydrogen-bond donors (Lipinski definition) is 1. The van der Waals surface area contributed by atoms with Crippen molar-refractivity contribution in [3.8, 4) is 5.75 Å². The van der Waals surface area contributed by atoms with Gasteiger partial charge in [-0.15, -0.1) is 6.58 Å². The van der Waals surface area contributed by atoms with Gasteiger partial charge in [-0.05, 0) is 18.2 Å². The molecule has 0 spiro atoms. The van der Waals surface area contributed by atoms with Gasteiger partial charge in [-0.2, -0.15) is 4.31 Å². The van der Waals surface area contributed by atoms with E-state index in [2.05, 4.69) is 6.58 Å². The SMILES string of the molecule is C=CCN(C)S(=O)(=O)c1cc(N)ccc1OC. The van der Waals surface area contributed by atoms with E-state index in [1.54, 1.807) is 6.07 Å². The Morgan fingerprint density at radius 2 is 2.18 bits per heavy atom. The molecule has 0 aromatic heterocycles. The van der Waals surface area contributed by atoms with Crippen molar-refractivity contribution in [1.29, 1.82) is 0 Å². The molecule has 6 heteroatoms. The lowest BCUT2D eigenvalue weighted by Crippen LogP contribution is -2.27. The molecule has 0 aliphatic heterocycles. The van der Waals surface area contributed by atoms with Crippen LogP contribution >= 0.6 is 0 Å². The molecule has 1 aromatic carbocycles. The van der Waals surface area contributed by atoms with Gasteiger partial charge >= 0.3 is 0 Å². The molecule has 0 fully saturated rings. The van der Waals surface area contributed by atoms with E-state index in [9.17, 15) is 8.42 Å². The van der Waals surface area contributed by atoms with Gasteiger partial charge in [-0.25, -0.2) is 8.42 Å². The van der Waals surface area contributed by atoms with Crippen LogP contribution in [0.5, 0.6) is 5.75 Å². The Bertz CT molecular complexity index is 511. The number of ether oxygens (including phenoxy) is 1. The van der Waals surface area contributed by atoms with Gasteiger partial charge in [0.25, 0.3) is 0 Å². The van der Waals surface area contributed by atoms with Gasteiger partial charge < -0.3 is 10.5 Å². The van der Waals surface area contributed by atoms with Crippen molar-refractivity contribution in [3.05, 3.63) is 30.9 Å². The summed E-state index contributed by atoms with van der Waals surface area (Å²) in [5.74, 6) is 0.273. The van der Waals surface area contributed by atoms with Crippen molar-refractivity contribution in [2.24, 2.45) is 0 Å². The first-order chi connectivity index (χ1) is 7.93. The van der Waals surface area contributed by atoms with Crippen LogP contribution in [0.1, 0.15) is 0 Å². The van der Waals surface area contributed by atoms with E-state index in [4.69, 9.17) is 10.5 Å². The minimum Gasteiger partial charge on any atom is -0.495 e. The van der Waals surface area contributed by atoms with Crippen LogP contribution < -0.4 is 10.5 Å². The molecule has 5 nitrogen and oxygen atoms in total. The monoisotopic (exact) mass is 256 g/mol. The maximum Gasteiger partial charge on any atom is 0.246 e. The van der Waals surface area contributed by atoms with Gasteiger partial charge in [0.2, 0.25) is 10.0 Å². The Hall–Kier alpha value is -1.53. The Morgan fingerprint density at radius 1 is 1.53 bits per heavy atom. The molecule has 1 aromatic rings. The first-order valence-electron chi connectivity index (χ1n) is 4.94. The van der Waals surface area contributed by atoms with Crippen LogP contribution in [0.4, 0.5) is 5.69 Å². The molecule has 0 aliphatic rings. The number of nitrogen functional groups attached to an aromatic ring is 1. The molecule has 0 saturated heterocycles. The lowest BCUT2D eigenvalue weighted by molar-refractivity contribution is 0.399. The highest BCUT2D eigenvalue weighted by Gasteiger charge is 2.24. The zero-order chi connectivity index (χ0) is 13.1. The van der Waals surface area contributed by atoms with E-state index in [0.717, 1.165) is 0 Å². The average molecular weight is 256 g/mol. The second-order valence-corrected chi connectivity index (χ2v) is 5.50. The molecule has 2 N–H and O–H groups in total. The number of rotatable bonds is 5. The van der Waals surface area contributed by atoms with Crippen LogP contribution in [0.25, 0.3) is 0 Å². The van der Waals surface area contributed by atoms with Gasteiger partial charge in [0, 0.05) is 19.3 Å². The van der Waals surface area contributed by atoms with Crippen molar-refractivity contribution in [1.82, 2.24) is 4.31 Å². The standard InChI is InChI=1S/C11H16N2O3S/c1-4-7-13(2)17(14,15)11-8-9(12)5-6-10(11)16-3/h4-6,8H,1,7,12H2,2-3H3. The predicted octanol–water partition coefficient (Wildman–Crippen LogP) is 1.08. The molecule has 0 aliphatic carbocycles. The summed E-state index contributed by atoms with van der Waals surface area (Å²) in [6.45, 7) is 3.73. The van der Waals surface area contributed by atoms with Crippen LogP contribution in [-0.4, -0.2) is 33.4 Å². The smallest absolute Gasteiger partial charge is 0.246 e. The number of benzene rings is 1. The van der Waals surface area contributed by atoms with Crippen LogP contribution in [0, 0.1) is 0 Å². The molecule has 0 heterocycles. The van der Waals surface area contributed by atoms with Crippen molar-refractivity contribution in [2.75, 3.05) is 26.4 Å². The highest BCUT2D eigenvalue weighted by atomic mass is 32.2. The van der Waals surface area contributed by atoms with Crippen molar-refractivity contribution in [2.45, 2.75) is 4.90 Å². The third kappa shape index (κ3) is 2.78. The Balaban J connectivity index is 3.31. The second-order valence-electron chi connectivity index (χ2n) is 3.48. The summed E-state index contributed by atoms with van der Waals surface area (Å²) < 4.78 is 30.6. The highest BCUT2D eigenvalue weighted by Crippen LogP contribution is 2.27. The molecule has 0 atom stereocenters. The Kier molecular flexibility index (Phi) is 4.14. The lowest BCUT2D eigenvalue weighted by Gasteiger charge is -2.17. The molecule has 0 unspecified atom stereocenters. The van der Waals surface area contributed by atoms with E-state index >= 15 is 0 Å². The molecule has 0 radical (unpaired) electrons. The maximum atomic E-state index is 12.2. The first-order valence-corrected chi connectivity index (χ1v) is 6.38. The minimum atomic E-state index is -3.61. The fraction of sp³-hybridized carbons (Fsp3) is 0.273. The summed E-state index contributed by atoms with van der Waals surface area (Å²) in [5, 5.41) is 0. The predicted molar refractivity (Wildman–Crippen MR) is 67.4 cm³/mol. The van der Waals surface area contributed by atoms with E-state index in [-0.39, 0.29) is 17.2 Å². The van der Waals surface area contributed by atoms with E-state index in [1.165, 1.54) is 36.7 Å². The normalized spacial score (nSPS) is 11.5. The summed E-state index contributed by atoms with van der Waals surface area (Å²) in [6.07, 6.45) is 1.51. The van der Waals surface area contributed by atoms with Crippen molar-refractivity contribution >= 4 is 15.7 Å². The second kappa shape index (κ2) is 5.20. The number of nitrogens with two attached hydrogens (primary N) is 1. The van der Waals surface area contributed by atoms with Crippen LogP contribution in [0.15, 0.2) is 35.7 Å². The first kappa shape index (κ1) is 13.5. The number of sulfonamides is 1. The summed E-state index contributed by atoms with van der Waals surface area (Å²) in [5.41, 5.74) is 5.97. The maximum absolute atomic E-state index is 12.2. The van der Waals surface area contributed by atoms with Crippen LogP contribution in [-0.2, 0) is 10.0 Å². The van der Waals surface area contributed by atoms with Gasteiger partial charge in [0.05, 0.1) is 7.11 Å². The number of methoxy groups -OCH3 is 1. The average Bonchev–Trinajstić information content (AvgIpc) is 2.29. The zero-order valence-electron chi connectivity index (χ0n) is 9.88. The summed E-state index contributed by atoms with van der Waals surface area (Å²) in [4.78, 5) is 0.0596. The minimum absolute atomic E-state index is 0.0596. The lowest BCUT2D eigenvalue weighted by atomic mass is 10.3. The molecule has 1 rings (SSSR count). The molecule has 17 heavy (non-hydrogen) atoms. The molecule has 0 amide bonds. The quantitative estimate of drug-likeness (QED) is 0.632. The number of hydrogen-bond acceptors (Lipinski definition) is 4. The van der Waals surface area contributed by atoms with Crippen molar-refractivity contribution in [3.63, 3.8) is 0 Å². The van der Waals surface area contributed by atoms with Gasteiger partial charge in [0.15, 0.2) is 0 Å². The van der Waals surface area contributed by atoms with Gasteiger partial charge in [-0.3, -0.25) is 0 Å². The van der Waals surface area contributed by atoms with Crippen LogP contribution in [0.2, 0.25) is 0 Å². The summed E-state index contributed by atoms with van der Waals surface area (Å²) in [6, 6.07) is 4.50. The number of likely N-dealkylation sites (N-methyl/N-ethyl adjacent to an activating group) is 1. The Morgan fingerprint density at radius 3 is 2.71 bits per heavy atom. The zero-order valence-corrected chi connectivity index (χ0v) is 10.7. The van der Waals surface area contributed by atoms with E-state index in [0.29, 0.717) is 5.69 Å².